The van der Waals surface area contributed by atoms with Crippen LogP contribution in [0.25, 0.3) is 0 Å². The summed E-state index contributed by atoms with van der Waals surface area (Å²) in [4.78, 5) is 8.70. The van der Waals surface area contributed by atoms with E-state index >= 15 is 0 Å². The first kappa shape index (κ1) is 8.21. The maximum Gasteiger partial charge on any atom is 0.472 e. The molecule has 2 atom stereocenters. The molecule has 60 valence electrons. The van der Waals surface area contributed by atoms with Crippen LogP contribution in [-0.2, 0) is 13.6 Å². The largest absolute Gasteiger partial charge is 0.472 e. The van der Waals surface area contributed by atoms with Crippen molar-refractivity contribution in [2.75, 3.05) is 6.61 Å². The molecule has 10 heavy (non-hydrogen) atoms. The molecule has 0 spiro atoms. The molecule has 1 fully saturated rings. The summed E-state index contributed by atoms with van der Waals surface area (Å²) in [5.74, 6) is 0. The van der Waals surface area contributed by atoms with Gasteiger partial charge in [-0.25, -0.2) is 4.57 Å². The van der Waals surface area contributed by atoms with E-state index in [0.29, 0.717) is 0 Å². The van der Waals surface area contributed by atoms with E-state index in [0.717, 1.165) is 12.8 Å². The number of hydrogen-bond acceptors (Lipinski definition) is 3. The molecule has 1 aliphatic heterocycles. The van der Waals surface area contributed by atoms with Gasteiger partial charge < -0.3 is 4.89 Å². The fourth-order valence-corrected chi connectivity index (χ4v) is 1.84. The van der Waals surface area contributed by atoms with E-state index in [1.54, 1.807) is 0 Å². The second kappa shape index (κ2) is 3.01. The minimum atomic E-state index is -3.63. The number of phosphoric acid groups is 1. The summed E-state index contributed by atoms with van der Waals surface area (Å²) in [7, 11) is -3.63. The van der Waals surface area contributed by atoms with Gasteiger partial charge in [0.25, 0.3) is 0 Å². The Morgan fingerprint density at radius 2 is 2.50 bits per heavy atom. The van der Waals surface area contributed by atoms with Gasteiger partial charge in [0.1, 0.15) is 0 Å². The third kappa shape index (κ3) is 2.06. The van der Waals surface area contributed by atoms with E-state index in [1.807, 2.05) is 6.92 Å². The van der Waals surface area contributed by atoms with Crippen LogP contribution in [0.15, 0.2) is 0 Å². The number of phosphoric ester groups is 1. The average Bonchev–Trinajstić information content (AvgIpc) is 2.12. The Hall–Kier alpha value is 0.110. The van der Waals surface area contributed by atoms with Gasteiger partial charge in [0.2, 0.25) is 0 Å². The van der Waals surface area contributed by atoms with E-state index in [-0.39, 0.29) is 12.7 Å². The zero-order valence-electron chi connectivity index (χ0n) is 5.82. The van der Waals surface area contributed by atoms with Crippen molar-refractivity contribution in [1.82, 2.24) is 0 Å². The molecule has 1 N–H and O–H groups in total. The molecule has 1 saturated heterocycles. The highest BCUT2D eigenvalue weighted by atomic mass is 31.2. The Balaban J connectivity index is 2.36. The van der Waals surface area contributed by atoms with Crippen LogP contribution >= 0.6 is 7.82 Å². The number of hydrogen-bond donors (Lipinski definition) is 1. The van der Waals surface area contributed by atoms with Gasteiger partial charge in [-0.1, -0.05) is 13.3 Å². The molecule has 2 unspecified atom stereocenters. The Morgan fingerprint density at radius 3 is 2.90 bits per heavy atom. The van der Waals surface area contributed by atoms with Gasteiger partial charge >= 0.3 is 7.82 Å². The van der Waals surface area contributed by atoms with Crippen LogP contribution in [-0.4, -0.2) is 17.6 Å². The molecule has 0 aromatic carbocycles. The highest BCUT2D eigenvalue weighted by Gasteiger charge is 2.34. The molecule has 1 rings (SSSR count). The van der Waals surface area contributed by atoms with Gasteiger partial charge in [-0.15, -0.1) is 0 Å². The lowest BCUT2D eigenvalue weighted by Crippen LogP contribution is -2.07. The zero-order chi connectivity index (χ0) is 7.61. The van der Waals surface area contributed by atoms with Crippen molar-refractivity contribution < 1.29 is 18.5 Å². The maximum absolute atomic E-state index is 10.6. The average molecular weight is 166 g/mol. The van der Waals surface area contributed by atoms with Crippen LogP contribution in [0.3, 0.4) is 0 Å². The van der Waals surface area contributed by atoms with Crippen molar-refractivity contribution in [1.29, 1.82) is 0 Å². The molecule has 4 nitrogen and oxygen atoms in total. The zero-order valence-corrected chi connectivity index (χ0v) is 6.71. The van der Waals surface area contributed by atoms with Crippen molar-refractivity contribution in [2.45, 2.75) is 25.9 Å². The summed E-state index contributed by atoms with van der Waals surface area (Å²) >= 11 is 0. The highest BCUT2D eigenvalue weighted by molar-refractivity contribution is 7.47. The predicted molar refractivity (Wildman–Crippen MR) is 35.6 cm³/mol. The fraction of sp³-hybridized carbons (Fsp3) is 1.00. The second-order valence-corrected chi connectivity index (χ2v) is 3.69. The molecule has 5 heteroatoms. The van der Waals surface area contributed by atoms with Gasteiger partial charge in [-0.2, -0.15) is 0 Å². The number of rotatable bonds is 2. The van der Waals surface area contributed by atoms with Crippen LogP contribution < -0.4 is 0 Å². The lowest BCUT2D eigenvalue weighted by Gasteiger charge is -2.03. The minimum Gasteiger partial charge on any atom is -0.302 e. The fourth-order valence-electron chi connectivity index (χ4n) is 0.885. The second-order valence-electron chi connectivity index (χ2n) is 2.28. The van der Waals surface area contributed by atoms with Gasteiger partial charge in [0.15, 0.2) is 0 Å². The molecule has 0 amide bonds. The maximum atomic E-state index is 10.6. The summed E-state index contributed by atoms with van der Waals surface area (Å²) < 4.78 is 19.8. The van der Waals surface area contributed by atoms with Crippen molar-refractivity contribution in [3.8, 4) is 0 Å². The van der Waals surface area contributed by atoms with E-state index in [4.69, 9.17) is 4.89 Å². The summed E-state index contributed by atoms with van der Waals surface area (Å²) in [6, 6.07) is 0. The van der Waals surface area contributed by atoms with Crippen LogP contribution in [0.2, 0.25) is 0 Å². The Bertz CT molecular complexity index is 158. The first-order valence-electron chi connectivity index (χ1n) is 3.30. The molecule has 0 aromatic rings. The summed E-state index contributed by atoms with van der Waals surface area (Å²) in [6.45, 7) is 2.24. The van der Waals surface area contributed by atoms with Gasteiger partial charge in [0, 0.05) is 0 Å². The van der Waals surface area contributed by atoms with E-state index < -0.39 is 7.82 Å². The van der Waals surface area contributed by atoms with E-state index in [2.05, 4.69) is 9.05 Å². The van der Waals surface area contributed by atoms with Gasteiger partial charge in [-0.3, -0.25) is 9.05 Å². The first-order chi connectivity index (χ1) is 4.64. The highest BCUT2D eigenvalue weighted by Crippen LogP contribution is 2.50. The normalized spacial score (nSPS) is 40.4. The smallest absolute Gasteiger partial charge is 0.302 e. The van der Waals surface area contributed by atoms with Crippen LogP contribution in [0.1, 0.15) is 19.8 Å². The molecule has 0 radical (unpaired) electrons. The van der Waals surface area contributed by atoms with Crippen molar-refractivity contribution in [2.24, 2.45) is 0 Å². The topological polar surface area (TPSA) is 55.8 Å². The van der Waals surface area contributed by atoms with Crippen LogP contribution in [0.4, 0.5) is 0 Å². The molecule has 0 aromatic heterocycles. The predicted octanol–water partition coefficient (Wildman–Crippen LogP) is 1.30. The quantitative estimate of drug-likeness (QED) is 0.628. The van der Waals surface area contributed by atoms with E-state index in [9.17, 15) is 4.57 Å². The third-order valence-corrected chi connectivity index (χ3v) is 2.36. The van der Waals surface area contributed by atoms with E-state index in [1.165, 1.54) is 0 Å². The molecule has 1 heterocycles. The van der Waals surface area contributed by atoms with Gasteiger partial charge in [-0.05, 0) is 6.42 Å². The molecule has 1 aliphatic rings. The van der Waals surface area contributed by atoms with Crippen molar-refractivity contribution in [3.05, 3.63) is 0 Å². The first-order valence-corrected chi connectivity index (χ1v) is 4.79. The third-order valence-electron chi connectivity index (χ3n) is 1.32. The summed E-state index contributed by atoms with van der Waals surface area (Å²) in [6.07, 6.45) is 1.54. The molecule has 0 aliphatic carbocycles. The van der Waals surface area contributed by atoms with Gasteiger partial charge in [0.05, 0.1) is 12.7 Å². The molecular weight excluding hydrogens is 155 g/mol. The van der Waals surface area contributed by atoms with Crippen LogP contribution in [0.5, 0.6) is 0 Å². The summed E-state index contributed by atoms with van der Waals surface area (Å²) in [5.41, 5.74) is 0. The van der Waals surface area contributed by atoms with Crippen molar-refractivity contribution >= 4 is 7.82 Å². The molecular formula is C5H11O4P. The Labute approximate surface area is 59.8 Å². The standard InChI is InChI=1S/C5H11O4P/c1-2-3-5-4-8-10(6,7)9-5/h5H,2-4H2,1H3,(H,6,7). The lowest BCUT2D eigenvalue weighted by molar-refractivity contribution is 0.204. The molecule has 0 bridgehead atoms. The SMILES string of the molecule is CCCC1COP(=O)(O)O1. The minimum absolute atomic E-state index is 0.180. The Kier molecular flexibility index (Phi) is 2.47. The van der Waals surface area contributed by atoms with Crippen molar-refractivity contribution in [3.63, 3.8) is 0 Å². The van der Waals surface area contributed by atoms with Crippen LogP contribution in [0, 0.1) is 0 Å². The lowest BCUT2D eigenvalue weighted by atomic mass is 10.2. The molecule has 0 saturated carbocycles. The Morgan fingerprint density at radius 1 is 1.80 bits per heavy atom. The monoisotopic (exact) mass is 166 g/mol. The summed E-state index contributed by atoms with van der Waals surface area (Å²) in [5, 5.41) is 0.